The van der Waals surface area contributed by atoms with Gasteiger partial charge in [0.1, 0.15) is 11.6 Å². The van der Waals surface area contributed by atoms with Crippen LogP contribution in [0.25, 0.3) is 17.1 Å². The molecule has 1 aromatic heterocycles. The minimum Gasteiger partial charge on any atom is -0.278 e. The molecule has 0 saturated heterocycles. The molecule has 0 aliphatic rings. The lowest BCUT2D eigenvalue weighted by Gasteiger charge is -2.20. The number of nitrogens with zero attached hydrogens (tertiary/aromatic N) is 3. The standard InChI is InChI=1S/C21H24FN3/c1-5-14(3)18-9-7-8-15(4)20(18)25-19(6-2)23-24-21(25)16-10-12-17(22)13-11-16/h7-14H,5-6H2,1-4H3/t14-/m1/s1. The van der Waals surface area contributed by atoms with Gasteiger partial charge in [-0.1, -0.05) is 39.0 Å². The lowest BCUT2D eigenvalue weighted by Crippen LogP contribution is -2.09. The Morgan fingerprint density at radius 1 is 1.04 bits per heavy atom. The monoisotopic (exact) mass is 337 g/mol. The molecule has 0 amide bonds. The van der Waals surface area contributed by atoms with E-state index in [0.717, 1.165) is 35.7 Å². The van der Waals surface area contributed by atoms with Gasteiger partial charge in [0, 0.05) is 12.0 Å². The summed E-state index contributed by atoms with van der Waals surface area (Å²) in [6.07, 6.45) is 1.84. The molecule has 0 spiro atoms. The maximum absolute atomic E-state index is 13.3. The molecule has 2 aromatic carbocycles. The van der Waals surface area contributed by atoms with E-state index in [1.165, 1.54) is 23.3 Å². The zero-order chi connectivity index (χ0) is 18.0. The first-order valence-electron chi connectivity index (χ1n) is 8.86. The van der Waals surface area contributed by atoms with E-state index < -0.39 is 0 Å². The molecule has 0 aliphatic heterocycles. The second kappa shape index (κ2) is 7.18. The molecule has 1 heterocycles. The average Bonchev–Trinajstić information content (AvgIpc) is 3.05. The third-order valence-corrected chi connectivity index (χ3v) is 4.78. The summed E-state index contributed by atoms with van der Waals surface area (Å²) in [5.41, 5.74) is 4.50. The van der Waals surface area contributed by atoms with Crippen LogP contribution in [-0.4, -0.2) is 14.8 Å². The topological polar surface area (TPSA) is 30.7 Å². The number of aromatic nitrogens is 3. The second-order valence-corrected chi connectivity index (χ2v) is 6.46. The highest BCUT2D eigenvalue weighted by Crippen LogP contribution is 2.32. The number of rotatable bonds is 5. The Morgan fingerprint density at radius 3 is 2.40 bits per heavy atom. The maximum atomic E-state index is 13.3. The lowest BCUT2D eigenvalue weighted by molar-refractivity contribution is 0.628. The quantitative estimate of drug-likeness (QED) is 0.619. The summed E-state index contributed by atoms with van der Waals surface area (Å²) in [5.74, 6) is 1.86. The Hall–Kier alpha value is -2.49. The van der Waals surface area contributed by atoms with Gasteiger partial charge in [-0.15, -0.1) is 10.2 Å². The van der Waals surface area contributed by atoms with Crippen LogP contribution in [0.5, 0.6) is 0 Å². The molecule has 0 aliphatic carbocycles. The fourth-order valence-electron chi connectivity index (χ4n) is 3.17. The molecule has 0 N–H and O–H groups in total. The molecule has 3 aromatic rings. The molecular formula is C21H24FN3. The Bertz CT molecular complexity index is 865. The molecule has 1 atom stereocenters. The Balaban J connectivity index is 2.28. The van der Waals surface area contributed by atoms with E-state index in [4.69, 9.17) is 0 Å². The van der Waals surface area contributed by atoms with Crippen LogP contribution in [-0.2, 0) is 6.42 Å². The van der Waals surface area contributed by atoms with E-state index in [2.05, 4.69) is 60.7 Å². The van der Waals surface area contributed by atoms with Crippen LogP contribution in [0.2, 0.25) is 0 Å². The minimum atomic E-state index is -0.248. The predicted octanol–water partition coefficient (Wildman–Crippen LogP) is 5.46. The van der Waals surface area contributed by atoms with Gasteiger partial charge in [-0.3, -0.25) is 4.57 Å². The second-order valence-electron chi connectivity index (χ2n) is 6.46. The summed E-state index contributed by atoms with van der Waals surface area (Å²) < 4.78 is 15.5. The van der Waals surface area contributed by atoms with E-state index in [1.54, 1.807) is 12.1 Å². The molecule has 0 fully saturated rings. The van der Waals surface area contributed by atoms with E-state index in [9.17, 15) is 4.39 Å². The van der Waals surface area contributed by atoms with Gasteiger partial charge < -0.3 is 0 Å². The molecule has 0 unspecified atom stereocenters. The van der Waals surface area contributed by atoms with Crippen LogP contribution >= 0.6 is 0 Å². The third kappa shape index (κ3) is 3.21. The highest BCUT2D eigenvalue weighted by Gasteiger charge is 2.20. The molecule has 4 heteroatoms. The van der Waals surface area contributed by atoms with Crippen LogP contribution in [0.3, 0.4) is 0 Å². The molecule has 25 heavy (non-hydrogen) atoms. The number of benzene rings is 2. The lowest BCUT2D eigenvalue weighted by atomic mass is 9.94. The summed E-state index contributed by atoms with van der Waals surface area (Å²) >= 11 is 0. The van der Waals surface area contributed by atoms with Gasteiger partial charge in [-0.05, 0) is 54.7 Å². The van der Waals surface area contributed by atoms with Crippen molar-refractivity contribution in [2.75, 3.05) is 0 Å². The van der Waals surface area contributed by atoms with E-state index in [0.29, 0.717) is 5.92 Å². The number of para-hydroxylation sites is 1. The van der Waals surface area contributed by atoms with Crippen LogP contribution in [0.4, 0.5) is 4.39 Å². The summed E-state index contributed by atoms with van der Waals surface area (Å²) in [7, 11) is 0. The van der Waals surface area contributed by atoms with Crippen molar-refractivity contribution in [2.45, 2.75) is 46.5 Å². The fraction of sp³-hybridized carbons (Fsp3) is 0.333. The summed E-state index contributed by atoms with van der Waals surface area (Å²) in [6, 6.07) is 12.9. The van der Waals surface area contributed by atoms with Gasteiger partial charge >= 0.3 is 0 Å². The van der Waals surface area contributed by atoms with Crippen LogP contribution in [0.1, 0.15) is 50.1 Å². The zero-order valence-corrected chi connectivity index (χ0v) is 15.3. The van der Waals surface area contributed by atoms with Crippen LogP contribution in [0.15, 0.2) is 42.5 Å². The Labute approximate surface area is 148 Å². The average molecular weight is 337 g/mol. The number of aryl methyl sites for hydroxylation is 2. The van der Waals surface area contributed by atoms with E-state index >= 15 is 0 Å². The fourth-order valence-corrected chi connectivity index (χ4v) is 3.17. The van der Waals surface area contributed by atoms with Crippen LogP contribution in [0, 0.1) is 12.7 Å². The molecular weight excluding hydrogens is 313 g/mol. The van der Waals surface area contributed by atoms with Gasteiger partial charge in [0.05, 0.1) is 5.69 Å². The summed E-state index contributed by atoms with van der Waals surface area (Å²) in [6.45, 7) is 8.64. The smallest absolute Gasteiger partial charge is 0.168 e. The molecule has 0 saturated carbocycles. The maximum Gasteiger partial charge on any atom is 0.168 e. The first-order chi connectivity index (χ1) is 12.1. The van der Waals surface area contributed by atoms with Crippen molar-refractivity contribution < 1.29 is 4.39 Å². The Morgan fingerprint density at radius 2 is 1.76 bits per heavy atom. The molecule has 130 valence electrons. The summed E-state index contributed by atoms with van der Waals surface area (Å²) in [5, 5.41) is 8.82. The first-order valence-corrected chi connectivity index (χ1v) is 8.86. The van der Waals surface area contributed by atoms with Crippen molar-refractivity contribution in [3.63, 3.8) is 0 Å². The van der Waals surface area contributed by atoms with Gasteiger partial charge in [-0.2, -0.15) is 0 Å². The van der Waals surface area contributed by atoms with Gasteiger partial charge in [0.15, 0.2) is 5.82 Å². The largest absolute Gasteiger partial charge is 0.278 e. The van der Waals surface area contributed by atoms with Crippen LogP contribution < -0.4 is 0 Å². The molecule has 0 radical (unpaired) electrons. The van der Waals surface area contributed by atoms with Crippen molar-refractivity contribution in [3.8, 4) is 17.1 Å². The highest BCUT2D eigenvalue weighted by molar-refractivity contribution is 5.62. The van der Waals surface area contributed by atoms with Gasteiger partial charge in [-0.25, -0.2) is 4.39 Å². The van der Waals surface area contributed by atoms with Gasteiger partial charge in [0.25, 0.3) is 0 Å². The molecule has 3 nitrogen and oxygen atoms in total. The van der Waals surface area contributed by atoms with Crippen molar-refractivity contribution in [1.29, 1.82) is 0 Å². The number of halogens is 1. The predicted molar refractivity (Wildman–Crippen MR) is 99.6 cm³/mol. The van der Waals surface area contributed by atoms with Crippen molar-refractivity contribution in [3.05, 3.63) is 65.2 Å². The normalized spacial score (nSPS) is 12.4. The zero-order valence-electron chi connectivity index (χ0n) is 15.3. The summed E-state index contributed by atoms with van der Waals surface area (Å²) in [4.78, 5) is 0. The minimum absolute atomic E-state index is 0.248. The molecule has 3 rings (SSSR count). The first kappa shape index (κ1) is 17.3. The Kier molecular flexibility index (Phi) is 4.98. The van der Waals surface area contributed by atoms with E-state index in [-0.39, 0.29) is 5.82 Å². The molecule has 0 bridgehead atoms. The van der Waals surface area contributed by atoms with Gasteiger partial charge in [0.2, 0.25) is 0 Å². The third-order valence-electron chi connectivity index (χ3n) is 4.78. The van der Waals surface area contributed by atoms with Crippen molar-refractivity contribution in [1.82, 2.24) is 14.8 Å². The van der Waals surface area contributed by atoms with Crippen molar-refractivity contribution in [2.24, 2.45) is 0 Å². The van der Waals surface area contributed by atoms with Crippen molar-refractivity contribution >= 4 is 0 Å². The number of hydrogen-bond donors (Lipinski definition) is 0. The highest BCUT2D eigenvalue weighted by atomic mass is 19.1. The SMILES string of the molecule is CCc1nnc(-c2ccc(F)cc2)n1-c1c(C)cccc1[C@H](C)CC. The van der Waals surface area contributed by atoms with E-state index in [1.807, 2.05) is 0 Å². The number of hydrogen-bond acceptors (Lipinski definition) is 2.